The van der Waals surface area contributed by atoms with E-state index >= 15 is 0 Å². The SMILES string of the molecule is CNC(=O)Nc1ccnnc1C. The molecule has 0 saturated heterocycles. The summed E-state index contributed by atoms with van der Waals surface area (Å²) in [6.07, 6.45) is 1.53. The molecule has 0 aliphatic carbocycles. The van der Waals surface area contributed by atoms with Crippen LogP contribution in [0.1, 0.15) is 5.69 Å². The van der Waals surface area contributed by atoms with Gasteiger partial charge in [-0.2, -0.15) is 10.2 Å². The third kappa shape index (κ3) is 1.91. The first-order valence-corrected chi connectivity index (χ1v) is 3.51. The average molecular weight is 166 g/mol. The van der Waals surface area contributed by atoms with Crippen molar-refractivity contribution in [3.63, 3.8) is 0 Å². The van der Waals surface area contributed by atoms with Crippen molar-refractivity contribution in [2.75, 3.05) is 12.4 Å². The molecular weight excluding hydrogens is 156 g/mol. The van der Waals surface area contributed by atoms with Gasteiger partial charge in [-0.25, -0.2) is 4.79 Å². The lowest BCUT2D eigenvalue weighted by Gasteiger charge is -2.04. The molecule has 5 nitrogen and oxygen atoms in total. The van der Waals surface area contributed by atoms with Crippen LogP contribution in [-0.2, 0) is 0 Å². The summed E-state index contributed by atoms with van der Waals surface area (Å²) in [6.45, 7) is 1.78. The standard InChI is InChI=1S/C7H10N4O/c1-5-6(3-4-9-11-5)10-7(12)8-2/h3-4H,1-2H3,(H2,8,9,10,12). The molecule has 0 fully saturated rings. The van der Waals surface area contributed by atoms with Crippen LogP contribution in [0, 0.1) is 6.92 Å². The Balaban J connectivity index is 2.75. The Hall–Kier alpha value is -1.65. The van der Waals surface area contributed by atoms with Gasteiger partial charge in [-0.05, 0) is 13.0 Å². The van der Waals surface area contributed by atoms with E-state index in [0.29, 0.717) is 11.4 Å². The first-order valence-electron chi connectivity index (χ1n) is 3.51. The predicted molar refractivity (Wildman–Crippen MR) is 44.8 cm³/mol. The Labute approximate surface area is 70.2 Å². The summed E-state index contributed by atoms with van der Waals surface area (Å²) < 4.78 is 0. The van der Waals surface area contributed by atoms with Crippen LogP contribution in [0.4, 0.5) is 10.5 Å². The molecule has 0 aliphatic heterocycles. The highest BCUT2D eigenvalue weighted by Gasteiger charge is 2.01. The molecular formula is C7H10N4O. The maximum atomic E-state index is 10.9. The van der Waals surface area contributed by atoms with Crippen molar-refractivity contribution in [1.29, 1.82) is 0 Å². The van der Waals surface area contributed by atoms with E-state index in [0.717, 1.165) is 0 Å². The van der Waals surface area contributed by atoms with Crippen LogP contribution in [0.3, 0.4) is 0 Å². The lowest BCUT2D eigenvalue weighted by Crippen LogP contribution is -2.25. The van der Waals surface area contributed by atoms with Crippen LogP contribution < -0.4 is 10.6 Å². The summed E-state index contributed by atoms with van der Waals surface area (Å²) in [5, 5.41) is 12.5. The zero-order valence-corrected chi connectivity index (χ0v) is 6.96. The van der Waals surface area contributed by atoms with Crippen LogP contribution >= 0.6 is 0 Å². The number of anilines is 1. The van der Waals surface area contributed by atoms with Crippen LogP contribution in [0.5, 0.6) is 0 Å². The number of aryl methyl sites for hydroxylation is 1. The number of nitrogens with zero attached hydrogens (tertiary/aromatic N) is 2. The Morgan fingerprint density at radius 1 is 1.58 bits per heavy atom. The van der Waals surface area contributed by atoms with E-state index in [2.05, 4.69) is 20.8 Å². The molecule has 0 unspecified atom stereocenters. The summed E-state index contributed by atoms with van der Waals surface area (Å²) in [5.74, 6) is 0. The first-order chi connectivity index (χ1) is 5.74. The van der Waals surface area contributed by atoms with Crippen LogP contribution in [-0.4, -0.2) is 23.3 Å². The fraction of sp³-hybridized carbons (Fsp3) is 0.286. The number of amides is 2. The fourth-order valence-corrected chi connectivity index (χ4v) is 0.719. The monoisotopic (exact) mass is 166 g/mol. The molecule has 0 bridgehead atoms. The fourth-order valence-electron chi connectivity index (χ4n) is 0.719. The van der Waals surface area contributed by atoms with Crippen LogP contribution in [0.25, 0.3) is 0 Å². The molecule has 0 atom stereocenters. The minimum Gasteiger partial charge on any atom is -0.341 e. The lowest BCUT2D eigenvalue weighted by molar-refractivity contribution is 0.254. The Kier molecular flexibility index (Phi) is 2.57. The van der Waals surface area contributed by atoms with Crippen molar-refractivity contribution >= 4 is 11.7 Å². The van der Waals surface area contributed by atoms with E-state index in [9.17, 15) is 4.79 Å². The Bertz CT molecular complexity index is 286. The van der Waals surface area contributed by atoms with E-state index < -0.39 is 0 Å². The second-order valence-corrected chi connectivity index (χ2v) is 2.23. The Morgan fingerprint density at radius 3 is 2.92 bits per heavy atom. The van der Waals surface area contributed by atoms with Crippen molar-refractivity contribution in [2.24, 2.45) is 0 Å². The topological polar surface area (TPSA) is 66.9 Å². The molecule has 2 N–H and O–H groups in total. The molecule has 1 aromatic rings. The molecule has 64 valence electrons. The molecule has 0 aromatic carbocycles. The van der Waals surface area contributed by atoms with Gasteiger partial charge in [0.1, 0.15) is 0 Å². The maximum absolute atomic E-state index is 10.9. The highest BCUT2D eigenvalue weighted by Crippen LogP contribution is 2.07. The molecule has 2 amide bonds. The highest BCUT2D eigenvalue weighted by atomic mass is 16.2. The van der Waals surface area contributed by atoms with Crippen molar-refractivity contribution in [3.8, 4) is 0 Å². The third-order valence-corrected chi connectivity index (χ3v) is 1.38. The van der Waals surface area contributed by atoms with Gasteiger partial charge in [-0.3, -0.25) is 0 Å². The van der Waals surface area contributed by atoms with Crippen LogP contribution in [0.15, 0.2) is 12.3 Å². The average Bonchev–Trinajstić information content (AvgIpc) is 2.09. The molecule has 12 heavy (non-hydrogen) atoms. The molecule has 1 aromatic heterocycles. The number of hydrogen-bond acceptors (Lipinski definition) is 3. The quantitative estimate of drug-likeness (QED) is 0.639. The second-order valence-electron chi connectivity index (χ2n) is 2.23. The van der Waals surface area contributed by atoms with Gasteiger partial charge >= 0.3 is 6.03 Å². The summed E-state index contributed by atoms with van der Waals surface area (Å²) >= 11 is 0. The van der Waals surface area contributed by atoms with Gasteiger partial charge in [0.05, 0.1) is 17.6 Å². The Morgan fingerprint density at radius 2 is 2.33 bits per heavy atom. The maximum Gasteiger partial charge on any atom is 0.319 e. The van der Waals surface area contributed by atoms with Gasteiger partial charge in [-0.1, -0.05) is 0 Å². The van der Waals surface area contributed by atoms with Gasteiger partial charge in [0, 0.05) is 7.05 Å². The van der Waals surface area contributed by atoms with Gasteiger partial charge in [0.2, 0.25) is 0 Å². The molecule has 0 radical (unpaired) electrons. The summed E-state index contributed by atoms with van der Waals surface area (Å²) in [5.41, 5.74) is 1.37. The highest BCUT2D eigenvalue weighted by molar-refractivity contribution is 5.89. The minimum absolute atomic E-state index is 0.258. The zero-order chi connectivity index (χ0) is 8.97. The molecule has 0 spiro atoms. The zero-order valence-electron chi connectivity index (χ0n) is 6.96. The largest absolute Gasteiger partial charge is 0.341 e. The number of nitrogens with one attached hydrogen (secondary N) is 2. The summed E-state index contributed by atoms with van der Waals surface area (Å²) in [7, 11) is 1.55. The minimum atomic E-state index is -0.258. The number of hydrogen-bond donors (Lipinski definition) is 2. The molecule has 1 heterocycles. The second kappa shape index (κ2) is 3.66. The normalized spacial score (nSPS) is 9.17. The summed E-state index contributed by atoms with van der Waals surface area (Å²) in [4.78, 5) is 10.9. The van der Waals surface area contributed by atoms with Gasteiger partial charge in [0.15, 0.2) is 0 Å². The van der Waals surface area contributed by atoms with Gasteiger partial charge in [0.25, 0.3) is 0 Å². The molecule has 5 heteroatoms. The van der Waals surface area contributed by atoms with Gasteiger partial charge < -0.3 is 10.6 Å². The van der Waals surface area contributed by atoms with Crippen molar-refractivity contribution in [2.45, 2.75) is 6.92 Å². The van der Waals surface area contributed by atoms with Crippen LogP contribution in [0.2, 0.25) is 0 Å². The summed E-state index contributed by atoms with van der Waals surface area (Å²) in [6, 6.07) is 1.43. The number of carbonyl (C=O) groups is 1. The lowest BCUT2D eigenvalue weighted by atomic mass is 10.3. The number of carbonyl (C=O) groups excluding carboxylic acids is 1. The number of rotatable bonds is 1. The van der Waals surface area contributed by atoms with Crippen molar-refractivity contribution in [1.82, 2.24) is 15.5 Å². The van der Waals surface area contributed by atoms with E-state index in [1.165, 1.54) is 6.20 Å². The van der Waals surface area contributed by atoms with E-state index in [-0.39, 0.29) is 6.03 Å². The van der Waals surface area contributed by atoms with E-state index in [4.69, 9.17) is 0 Å². The molecule has 0 saturated carbocycles. The first kappa shape index (κ1) is 8.45. The predicted octanol–water partition coefficient (Wildman–Crippen LogP) is 0.536. The van der Waals surface area contributed by atoms with E-state index in [1.807, 2.05) is 0 Å². The smallest absolute Gasteiger partial charge is 0.319 e. The van der Waals surface area contributed by atoms with E-state index in [1.54, 1.807) is 20.0 Å². The number of urea groups is 1. The van der Waals surface area contributed by atoms with Crippen molar-refractivity contribution < 1.29 is 4.79 Å². The molecule has 0 aliphatic rings. The van der Waals surface area contributed by atoms with Crippen molar-refractivity contribution in [3.05, 3.63) is 18.0 Å². The van der Waals surface area contributed by atoms with Gasteiger partial charge in [-0.15, -0.1) is 0 Å². The number of aromatic nitrogens is 2. The third-order valence-electron chi connectivity index (χ3n) is 1.38. The molecule has 1 rings (SSSR count).